The fourth-order valence-electron chi connectivity index (χ4n) is 3.58. The predicted octanol–water partition coefficient (Wildman–Crippen LogP) is 5.31. The van der Waals surface area contributed by atoms with Crippen LogP contribution in [0.25, 0.3) is 6.08 Å². The highest BCUT2D eigenvalue weighted by Crippen LogP contribution is 2.35. The van der Waals surface area contributed by atoms with Crippen LogP contribution in [-0.2, 0) is 10.5 Å². The van der Waals surface area contributed by atoms with E-state index in [4.69, 9.17) is 9.47 Å². The van der Waals surface area contributed by atoms with Crippen molar-refractivity contribution in [1.29, 1.82) is 0 Å². The van der Waals surface area contributed by atoms with Gasteiger partial charge >= 0.3 is 0 Å². The van der Waals surface area contributed by atoms with Crippen LogP contribution in [-0.4, -0.2) is 22.8 Å². The molecule has 0 spiro atoms. The van der Waals surface area contributed by atoms with Gasteiger partial charge in [0.05, 0.1) is 10.6 Å². The highest BCUT2D eigenvalue weighted by Gasteiger charge is 2.32. The third-order valence-corrected chi connectivity index (χ3v) is 6.32. The molecule has 9 heteroatoms. The Balaban J connectivity index is 1.46. The van der Waals surface area contributed by atoms with E-state index in [0.29, 0.717) is 33.8 Å². The molecule has 170 valence electrons. The van der Waals surface area contributed by atoms with E-state index in [9.17, 15) is 14.9 Å². The molecule has 0 bridgehead atoms. The van der Waals surface area contributed by atoms with Crippen molar-refractivity contribution in [2.75, 3.05) is 11.7 Å². The summed E-state index contributed by atoms with van der Waals surface area (Å²) in [5, 5.41) is 11.6. The lowest BCUT2D eigenvalue weighted by Gasteiger charge is -2.18. The third kappa shape index (κ3) is 4.38. The van der Waals surface area contributed by atoms with Crippen LogP contribution in [0.2, 0.25) is 0 Å². The molecule has 0 radical (unpaired) electrons. The number of non-ortho nitro benzene ring substituents is 1. The second-order valence-corrected chi connectivity index (χ2v) is 8.67. The average Bonchev–Trinajstić information content (AvgIpc) is 3.42. The number of carbonyl (C=O) groups is 1. The van der Waals surface area contributed by atoms with Gasteiger partial charge in [0.15, 0.2) is 16.7 Å². The monoisotopic (exact) mass is 473 g/mol. The molecular formula is C25H19N3O5S. The summed E-state index contributed by atoms with van der Waals surface area (Å²) < 4.78 is 10.8. The van der Waals surface area contributed by atoms with Gasteiger partial charge in [0.2, 0.25) is 6.79 Å². The minimum absolute atomic E-state index is 0.0290. The van der Waals surface area contributed by atoms with Gasteiger partial charge in [-0.15, -0.1) is 0 Å². The Bertz CT molecular complexity index is 1350. The SMILES string of the molecule is Cc1ccc(N2C(=O)/C(=C\c3ccc4c(c3)OCO4)N=C2SCc2cccc([N+](=O)[O-])c2)cc1. The normalized spacial score (nSPS) is 15.7. The number of aliphatic imine (C=N–C) groups is 1. The summed E-state index contributed by atoms with van der Waals surface area (Å²) in [6.45, 7) is 2.15. The molecule has 3 aromatic rings. The first-order valence-corrected chi connectivity index (χ1v) is 11.4. The van der Waals surface area contributed by atoms with Gasteiger partial charge in [0, 0.05) is 17.9 Å². The summed E-state index contributed by atoms with van der Waals surface area (Å²) in [5.74, 6) is 1.47. The fourth-order valence-corrected chi connectivity index (χ4v) is 4.54. The number of nitrogens with zero attached hydrogens (tertiary/aromatic N) is 3. The molecule has 0 unspecified atom stereocenters. The highest BCUT2D eigenvalue weighted by atomic mass is 32.2. The van der Waals surface area contributed by atoms with Gasteiger partial charge in [-0.3, -0.25) is 19.8 Å². The van der Waals surface area contributed by atoms with E-state index in [1.807, 2.05) is 49.4 Å². The first kappa shape index (κ1) is 21.7. The summed E-state index contributed by atoms with van der Waals surface area (Å²) in [6.07, 6.45) is 1.71. The van der Waals surface area contributed by atoms with Gasteiger partial charge in [-0.05, 0) is 48.4 Å². The summed E-state index contributed by atoms with van der Waals surface area (Å²) in [5.41, 5.74) is 3.64. The Morgan fingerprint density at radius 3 is 2.68 bits per heavy atom. The summed E-state index contributed by atoms with van der Waals surface area (Å²) in [4.78, 5) is 30.3. The molecule has 2 heterocycles. The molecule has 34 heavy (non-hydrogen) atoms. The molecule has 8 nitrogen and oxygen atoms in total. The number of nitro benzene ring substituents is 1. The van der Waals surface area contributed by atoms with Gasteiger partial charge < -0.3 is 9.47 Å². The molecule has 0 aromatic heterocycles. The molecule has 2 aliphatic rings. The van der Waals surface area contributed by atoms with Gasteiger partial charge in [-0.2, -0.15) is 0 Å². The van der Waals surface area contributed by atoms with Crippen LogP contribution in [0.15, 0.2) is 77.4 Å². The number of ether oxygens (including phenoxy) is 2. The fraction of sp³-hybridized carbons (Fsp3) is 0.120. The van der Waals surface area contributed by atoms with Crippen LogP contribution < -0.4 is 14.4 Å². The van der Waals surface area contributed by atoms with Crippen molar-refractivity contribution in [3.8, 4) is 11.5 Å². The van der Waals surface area contributed by atoms with E-state index in [1.165, 1.54) is 23.9 Å². The van der Waals surface area contributed by atoms with Crippen molar-refractivity contribution in [3.63, 3.8) is 0 Å². The number of hydrogen-bond donors (Lipinski definition) is 0. The minimum Gasteiger partial charge on any atom is -0.454 e. The van der Waals surface area contributed by atoms with Gasteiger partial charge in [-0.1, -0.05) is 47.7 Å². The lowest BCUT2D eigenvalue weighted by Crippen LogP contribution is -2.30. The Morgan fingerprint density at radius 1 is 1.09 bits per heavy atom. The molecule has 2 aliphatic heterocycles. The first-order valence-electron chi connectivity index (χ1n) is 10.5. The molecule has 0 N–H and O–H groups in total. The zero-order valence-electron chi connectivity index (χ0n) is 18.1. The maximum atomic E-state index is 13.4. The van der Waals surface area contributed by atoms with E-state index in [1.54, 1.807) is 23.1 Å². The van der Waals surface area contributed by atoms with Crippen LogP contribution in [0.4, 0.5) is 11.4 Å². The van der Waals surface area contributed by atoms with Crippen LogP contribution in [0.1, 0.15) is 16.7 Å². The maximum Gasteiger partial charge on any atom is 0.283 e. The molecule has 0 fully saturated rings. The molecule has 0 saturated heterocycles. The average molecular weight is 474 g/mol. The van der Waals surface area contributed by atoms with E-state index in [2.05, 4.69) is 4.99 Å². The smallest absolute Gasteiger partial charge is 0.283 e. The van der Waals surface area contributed by atoms with Crippen molar-refractivity contribution >= 4 is 40.3 Å². The van der Waals surface area contributed by atoms with Crippen molar-refractivity contribution in [2.45, 2.75) is 12.7 Å². The largest absolute Gasteiger partial charge is 0.454 e. The third-order valence-electron chi connectivity index (χ3n) is 5.31. The van der Waals surface area contributed by atoms with Crippen molar-refractivity contribution in [2.24, 2.45) is 4.99 Å². The minimum atomic E-state index is -0.421. The van der Waals surface area contributed by atoms with Crippen LogP contribution >= 0.6 is 11.8 Å². The highest BCUT2D eigenvalue weighted by molar-refractivity contribution is 8.13. The molecule has 0 atom stereocenters. The topological polar surface area (TPSA) is 94.3 Å². The summed E-state index contributed by atoms with van der Waals surface area (Å²) >= 11 is 1.35. The number of nitro groups is 1. The van der Waals surface area contributed by atoms with Crippen molar-refractivity contribution in [1.82, 2.24) is 0 Å². The predicted molar refractivity (Wildman–Crippen MR) is 131 cm³/mol. The quantitative estimate of drug-likeness (QED) is 0.283. The Labute approximate surface area is 199 Å². The number of rotatable bonds is 5. The molecule has 0 aliphatic carbocycles. The number of benzene rings is 3. The number of thioether (sulfide) groups is 1. The zero-order chi connectivity index (χ0) is 23.7. The van der Waals surface area contributed by atoms with Gasteiger partial charge in [0.1, 0.15) is 5.70 Å². The second kappa shape index (κ2) is 9.03. The van der Waals surface area contributed by atoms with E-state index in [-0.39, 0.29) is 18.4 Å². The van der Waals surface area contributed by atoms with Crippen LogP contribution in [0.3, 0.4) is 0 Å². The van der Waals surface area contributed by atoms with Crippen LogP contribution in [0.5, 0.6) is 11.5 Å². The molecule has 5 rings (SSSR count). The number of anilines is 1. The summed E-state index contributed by atoms with van der Waals surface area (Å²) in [7, 11) is 0. The Hall–Kier alpha value is -4.11. The number of carbonyl (C=O) groups excluding carboxylic acids is 1. The van der Waals surface area contributed by atoms with E-state index in [0.717, 1.165) is 16.7 Å². The van der Waals surface area contributed by atoms with E-state index < -0.39 is 4.92 Å². The lowest BCUT2D eigenvalue weighted by atomic mass is 10.1. The second-order valence-electron chi connectivity index (χ2n) is 7.73. The lowest BCUT2D eigenvalue weighted by molar-refractivity contribution is -0.384. The van der Waals surface area contributed by atoms with Crippen molar-refractivity contribution < 1.29 is 19.2 Å². The molecule has 3 aromatic carbocycles. The number of amidine groups is 1. The first-order chi connectivity index (χ1) is 16.5. The van der Waals surface area contributed by atoms with Crippen molar-refractivity contribution in [3.05, 3.63) is 99.2 Å². The summed E-state index contributed by atoms with van der Waals surface area (Å²) in [6, 6.07) is 19.5. The standard InChI is InChI=1S/C25H19N3O5S/c1-16-5-8-19(9-6-16)27-24(29)21(12-17-7-10-22-23(13-17)33-15-32-22)26-25(27)34-14-18-3-2-4-20(11-18)28(30)31/h2-13H,14-15H2,1H3/b21-12+. The Kier molecular flexibility index (Phi) is 5.77. The zero-order valence-corrected chi connectivity index (χ0v) is 19.0. The molecular weight excluding hydrogens is 454 g/mol. The molecule has 0 saturated carbocycles. The maximum absolute atomic E-state index is 13.4. The van der Waals surface area contributed by atoms with Gasteiger partial charge in [-0.25, -0.2) is 4.99 Å². The Morgan fingerprint density at radius 2 is 1.88 bits per heavy atom. The molecule has 1 amide bonds. The number of amides is 1. The number of fused-ring (bicyclic) bond motifs is 1. The number of aryl methyl sites for hydroxylation is 1. The van der Waals surface area contributed by atoms with E-state index >= 15 is 0 Å². The number of hydrogen-bond acceptors (Lipinski definition) is 7. The van der Waals surface area contributed by atoms with Crippen LogP contribution in [0, 0.1) is 17.0 Å². The van der Waals surface area contributed by atoms with Gasteiger partial charge in [0.25, 0.3) is 11.6 Å².